The largest absolute Gasteiger partial charge is 0.371 e. The summed E-state index contributed by atoms with van der Waals surface area (Å²) in [7, 11) is 1.86. The highest BCUT2D eigenvalue weighted by Crippen LogP contribution is 2.27. The summed E-state index contributed by atoms with van der Waals surface area (Å²) in [4.78, 5) is 16.8. The third-order valence-electron chi connectivity index (χ3n) is 4.49. The van der Waals surface area contributed by atoms with Crippen molar-refractivity contribution < 1.29 is 4.79 Å². The Labute approximate surface area is 142 Å². The van der Waals surface area contributed by atoms with E-state index in [1.54, 1.807) is 4.90 Å². The lowest BCUT2D eigenvalue weighted by Gasteiger charge is -2.34. The Morgan fingerprint density at radius 2 is 1.78 bits per heavy atom. The number of anilines is 2. The van der Waals surface area contributed by atoms with Crippen molar-refractivity contribution in [1.82, 2.24) is 0 Å². The van der Waals surface area contributed by atoms with Crippen molar-refractivity contribution in [2.24, 2.45) is 5.92 Å². The van der Waals surface area contributed by atoms with E-state index in [-0.39, 0.29) is 11.8 Å². The zero-order chi connectivity index (χ0) is 16.2. The third kappa shape index (κ3) is 3.67. The number of carbonyl (C=O) groups excluding carboxylic acids is 1. The molecule has 0 radical (unpaired) electrons. The smallest absolute Gasteiger partial charge is 0.229 e. The molecular weight excluding hydrogens is 308 g/mol. The molecule has 1 amide bonds. The molecule has 0 saturated carbocycles. The first kappa shape index (κ1) is 15.9. The monoisotopic (exact) mass is 328 g/mol. The first-order valence-corrected chi connectivity index (χ1v) is 8.36. The van der Waals surface area contributed by atoms with Crippen LogP contribution in [-0.2, 0) is 4.79 Å². The molecule has 3 nitrogen and oxygen atoms in total. The summed E-state index contributed by atoms with van der Waals surface area (Å²) >= 11 is 6.07. The van der Waals surface area contributed by atoms with Gasteiger partial charge in [-0.3, -0.25) is 4.79 Å². The topological polar surface area (TPSA) is 23.6 Å². The molecule has 1 heterocycles. The molecule has 3 rings (SSSR count). The summed E-state index contributed by atoms with van der Waals surface area (Å²) in [5.41, 5.74) is 2.09. The average Bonchev–Trinajstić information content (AvgIpc) is 2.61. The van der Waals surface area contributed by atoms with Gasteiger partial charge in [-0.05, 0) is 43.2 Å². The molecule has 1 saturated heterocycles. The molecule has 2 aromatic carbocycles. The normalized spacial score (nSPS) is 15.5. The highest BCUT2D eigenvalue weighted by atomic mass is 35.5. The summed E-state index contributed by atoms with van der Waals surface area (Å²) < 4.78 is 0. The van der Waals surface area contributed by atoms with Crippen LogP contribution in [0.3, 0.4) is 0 Å². The molecule has 0 aliphatic carbocycles. The Morgan fingerprint density at radius 1 is 1.09 bits per heavy atom. The molecule has 0 unspecified atom stereocenters. The van der Waals surface area contributed by atoms with Gasteiger partial charge in [-0.15, -0.1) is 0 Å². The predicted molar refractivity (Wildman–Crippen MR) is 96.2 cm³/mol. The Morgan fingerprint density at radius 3 is 2.43 bits per heavy atom. The summed E-state index contributed by atoms with van der Waals surface area (Å²) in [5, 5.41) is 0.754. The molecule has 1 aliphatic rings. The second kappa shape index (κ2) is 7.05. The van der Waals surface area contributed by atoms with Gasteiger partial charge in [-0.25, -0.2) is 0 Å². The van der Waals surface area contributed by atoms with Crippen LogP contribution < -0.4 is 9.80 Å². The van der Waals surface area contributed by atoms with Crippen LogP contribution in [0.15, 0.2) is 54.6 Å². The van der Waals surface area contributed by atoms with E-state index in [1.807, 2.05) is 55.6 Å². The number of hydrogen-bond acceptors (Lipinski definition) is 2. The molecule has 120 valence electrons. The van der Waals surface area contributed by atoms with E-state index in [9.17, 15) is 4.79 Å². The van der Waals surface area contributed by atoms with Crippen LogP contribution in [0, 0.1) is 5.92 Å². The van der Waals surface area contributed by atoms with Crippen LogP contribution in [-0.4, -0.2) is 26.0 Å². The molecule has 23 heavy (non-hydrogen) atoms. The molecule has 0 bridgehead atoms. The average molecular weight is 329 g/mol. The lowest BCUT2D eigenvalue weighted by molar-refractivity contribution is -0.122. The highest BCUT2D eigenvalue weighted by molar-refractivity contribution is 6.30. The molecule has 2 aromatic rings. The van der Waals surface area contributed by atoms with Crippen molar-refractivity contribution in [3.05, 3.63) is 59.6 Å². The van der Waals surface area contributed by atoms with Crippen molar-refractivity contribution in [3.63, 3.8) is 0 Å². The zero-order valence-electron chi connectivity index (χ0n) is 13.3. The summed E-state index contributed by atoms with van der Waals surface area (Å²) in [6.45, 7) is 1.78. The van der Waals surface area contributed by atoms with Gasteiger partial charge in [0.25, 0.3) is 0 Å². The van der Waals surface area contributed by atoms with Crippen LogP contribution >= 0.6 is 11.6 Å². The minimum Gasteiger partial charge on any atom is -0.371 e. The van der Waals surface area contributed by atoms with Gasteiger partial charge in [-0.1, -0.05) is 35.9 Å². The van der Waals surface area contributed by atoms with Crippen molar-refractivity contribution in [2.45, 2.75) is 12.8 Å². The number of rotatable bonds is 3. The highest BCUT2D eigenvalue weighted by Gasteiger charge is 2.27. The number of nitrogens with zero attached hydrogens (tertiary/aromatic N) is 2. The van der Waals surface area contributed by atoms with Gasteiger partial charge in [0, 0.05) is 42.5 Å². The van der Waals surface area contributed by atoms with E-state index in [4.69, 9.17) is 11.6 Å². The van der Waals surface area contributed by atoms with Crippen LogP contribution in [0.1, 0.15) is 12.8 Å². The van der Waals surface area contributed by atoms with Gasteiger partial charge in [0.15, 0.2) is 0 Å². The Hall–Kier alpha value is -2.00. The van der Waals surface area contributed by atoms with Gasteiger partial charge in [0.2, 0.25) is 5.91 Å². The molecule has 4 heteroatoms. The van der Waals surface area contributed by atoms with Gasteiger partial charge in [0.1, 0.15) is 0 Å². The maximum absolute atomic E-state index is 12.7. The molecule has 0 spiro atoms. The minimum absolute atomic E-state index is 0.0932. The standard InChI is InChI=1S/C19H21ClN2O/c1-21(17-7-3-2-4-8-17)19(23)15-10-12-22(13-11-15)18-9-5-6-16(20)14-18/h2-9,14-15H,10-13H2,1H3. The SMILES string of the molecule is CN(C(=O)C1CCN(c2cccc(Cl)c2)CC1)c1ccccc1. The number of carbonyl (C=O) groups is 1. The fourth-order valence-electron chi connectivity index (χ4n) is 3.11. The number of amides is 1. The second-order valence-electron chi connectivity index (χ2n) is 5.97. The molecule has 0 N–H and O–H groups in total. The number of halogens is 1. The number of hydrogen-bond donors (Lipinski definition) is 0. The van der Waals surface area contributed by atoms with E-state index in [0.29, 0.717) is 0 Å². The molecular formula is C19H21ClN2O. The van der Waals surface area contributed by atoms with Gasteiger partial charge in [0.05, 0.1) is 0 Å². The second-order valence-corrected chi connectivity index (χ2v) is 6.41. The molecule has 0 atom stereocenters. The first-order valence-electron chi connectivity index (χ1n) is 7.98. The number of para-hydroxylation sites is 1. The maximum atomic E-state index is 12.7. The van der Waals surface area contributed by atoms with Gasteiger partial charge >= 0.3 is 0 Å². The van der Waals surface area contributed by atoms with Crippen molar-refractivity contribution in [1.29, 1.82) is 0 Å². The van der Waals surface area contributed by atoms with Crippen LogP contribution in [0.4, 0.5) is 11.4 Å². The Balaban J connectivity index is 1.61. The molecule has 1 fully saturated rings. The van der Waals surface area contributed by atoms with Crippen LogP contribution in [0.5, 0.6) is 0 Å². The van der Waals surface area contributed by atoms with Gasteiger partial charge in [-0.2, -0.15) is 0 Å². The van der Waals surface area contributed by atoms with Crippen molar-refractivity contribution in [2.75, 3.05) is 29.9 Å². The number of piperidine rings is 1. The summed E-state index contributed by atoms with van der Waals surface area (Å²) in [6, 6.07) is 17.7. The lowest BCUT2D eigenvalue weighted by Crippen LogP contribution is -2.41. The zero-order valence-corrected chi connectivity index (χ0v) is 14.0. The molecule has 0 aromatic heterocycles. The number of benzene rings is 2. The van der Waals surface area contributed by atoms with Crippen LogP contribution in [0.2, 0.25) is 5.02 Å². The summed E-state index contributed by atoms with van der Waals surface area (Å²) in [5.74, 6) is 0.303. The van der Waals surface area contributed by atoms with E-state index in [0.717, 1.165) is 42.3 Å². The van der Waals surface area contributed by atoms with Crippen molar-refractivity contribution in [3.8, 4) is 0 Å². The van der Waals surface area contributed by atoms with Gasteiger partial charge < -0.3 is 9.80 Å². The lowest BCUT2D eigenvalue weighted by atomic mass is 9.95. The van der Waals surface area contributed by atoms with E-state index in [2.05, 4.69) is 11.0 Å². The molecule has 1 aliphatic heterocycles. The summed E-state index contributed by atoms with van der Waals surface area (Å²) in [6.07, 6.45) is 1.76. The van der Waals surface area contributed by atoms with E-state index < -0.39 is 0 Å². The minimum atomic E-state index is 0.0932. The predicted octanol–water partition coefficient (Wildman–Crippen LogP) is 4.22. The fraction of sp³-hybridized carbons (Fsp3) is 0.316. The van der Waals surface area contributed by atoms with E-state index in [1.165, 1.54) is 0 Å². The fourth-order valence-corrected chi connectivity index (χ4v) is 3.29. The third-order valence-corrected chi connectivity index (χ3v) is 4.73. The van der Waals surface area contributed by atoms with Crippen LogP contribution in [0.25, 0.3) is 0 Å². The quantitative estimate of drug-likeness (QED) is 0.842. The Kier molecular flexibility index (Phi) is 4.87. The van der Waals surface area contributed by atoms with E-state index >= 15 is 0 Å². The van der Waals surface area contributed by atoms with Crippen molar-refractivity contribution >= 4 is 28.9 Å². The Bertz CT molecular complexity index is 666. The maximum Gasteiger partial charge on any atom is 0.229 e. The first-order chi connectivity index (χ1) is 11.1.